The molecule has 0 saturated carbocycles. The van der Waals surface area contributed by atoms with Crippen molar-refractivity contribution < 1.29 is 4.79 Å². The van der Waals surface area contributed by atoms with Crippen LogP contribution in [-0.4, -0.2) is 36.6 Å². The molecule has 1 N–H and O–H groups in total. The van der Waals surface area contributed by atoms with Crippen LogP contribution in [-0.2, 0) is 11.8 Å². The minimum absolute atomic E-state index is 0.136. The molecule has 0 spiro atoms. The molecule has 2 heterocycles. The maximum absolute atomic E-state index is 12.0. The first kappa shape index (κ1) is 14.7. The molecule has 0 fully saturated rings. The van der Waals surface area contributed by atoms with Gasteiger partial charge in [-0.2, -0.15) is 0 Å². The SMILES string of the molecule is Cn1nnc2c(SCC(=O)Nc3ccc(Cl)cc3)ncnc21. The summed E-state index contributed by atoms with van der Waals surface area (Å²) in [5, 5.41) is 12.0. The number of halogens is 1. The van der Waals surface area contributed by atoms with E-state index in [0.717, 1.165) is 0 Å². The van der Waals surface area contributed by atoms with Crippen molar-refractivity contribution in [3.8, 4) is 0 Å². The number of nitrogens with one attached hydrogen (secondary N) is 1. The van der Waals surface area contributed by atoms with E-state index in [1.165, 1.54) is 18.1 Å². The quantitative estimate of drug-likeness (QED) is 0.581. The fraction of sp³-hybridized carbons (Fsp3) is 0.154. The number of aryl methyl sites for hydroxylation is 1. The van der Waals surface area contributed by atoms with Crippen LogP contribution in [0.1, 0.15) is 0 Å². The Kier molecular flexibility index (Phi) is 4.21. The topological polar surface area (TPSA) is 85.6 Å². The van der Waals surface area contributed by atoms with Crippen molar-refractivity contribution in [2.45, 2.75) is 5.03 Å². The van der Waals surface area contributed by atoms with Gasteiger partial charge < -0.3 is 5.32 Å². The number of aromatic nitrogens is 5. The Balaban J connectivity index is 1.66. The van der Waals surface area contributed by atoms with Gasteiger partial charge >= 0.3 is 0 Å². The zero-order chi connectivity index (χ0) is 15.5. The number of nitrogens with zero attached hydrogens (tertiary/aromatic N) is 5. The molecule has 112 valence electrons. The van der Waals surface area contributed by atoms with Crippen molar-refractivity contribution in [2.24, 2.45) is 7.05 Å². The van der Waals surface area contributed by atoms with E-state index in [9.17, 15) is 4.79 Å². The highest BCUT2D eigenvalue weighted by atomic mass is 35.5. The van der Waals surface area contributed by atoms with E-state index in [-0.39, 0.29) is 11.7 Å². The Morgan fingerprint density at radius 1 is 1.32 bits per heavy atom. The number of fused-ring (bicyclic) bond motifs is 1. The van der Waals surface area contributed by atoms with Gasteiger partial charge in [0.25, 0.3) is 0 Å². The van der Waals surface area contributed by atoms with Crippen LogP contribution in [0.5, 0.6) is 0 Å². The molecule has 1 aromatic carbocycles. The second-order valence-corrected chi connectivity index (χ2v) is 5.81. The lowest BCUT2D eigenvalue weighted by molar-refractivity contribution is -0.113. The van der Waals surface area contributed by atoms with E-state index in [2.05, 4.69) is 25.6 Å². The first-order valence-corrected chi connectivity index (χ1v) is 7.68. The van der Waals surface area contributed by atoms with E-state index >= 15 is 0 Å². The number of thioether (sulfide) groups is 1. The maximum atomic E-state index is 12.0. The summed E-state index contributed by atoms with van der Waals surface area (Å²) in [5.41, 5.74) is 1.92. The highest BCUT2D eigenvalue weighted by molar-refractivity contribution is 8.00. The zero-order valence-corrected chi connectivity index (χ0v) is 13.1. The normalized spacial score (nSPS) is 10.8. The third-order valence-electron chi connectivity index (χ3n) is 2.82. The molecule has 9 heteroatoms. The van der Waals surface area contributed by atoms with Crippen molar-refractivity contribution in [1.82, 2.24) is 25.0 Å². The van der Waals surface area contributed by atoms with Gasteiger partial charge in [0.2, 0.25) is 5.91 Å². The van der Waals surface area contributed by atoms with Crippen LogP contribution in [0.4, 0.5) is 5.69 Å². The van der Waals surface area contributed by atoms with Crippen LogP contribution in [0.3, 0.4) is 0 Å². The predicted octanol–water partition coefficient (Wildman–Crippen LogP) is 2.14. The van der Waals surface area contributed by atoms with Gasteiger partial charge in [0.1, 0.15) is 11.4 Å². The van der Waals surface area contributed by atoms with Gasteiger partial charge in [0, 0.05) is 17.8 Å². The van der Waals surface area contributed by atoms with Gasteiger partial charge in [-0.15, -0.1) is 5.10 Å². The minimum atomic E-state index is -0.136. The Hall–Kier alpha value is -2.19. The molecule has 0 saturated heterocycles. The summed E-state index contributed by atoms with van der Waals surface area (Å²) >= 11 is 7.09. The van der Waals surface area contributed by atoms with Crippen LogP contribution in [0.25, 0.3) is 11.2 Å². The Bertz CT molecular complexity index is 819. The van der Waals surface area contributed by atoms with E-state index < -0.39 is 0 Å². The molecule has 2 aromatic heterocycles. The van der Waals surface area contributed by atoms with Crippen LogP contribution < -0.4 is 5.32 Å². The van der Waals surface area contributed by atoms with E-state index in [1.54, 1.807) is 36.0 Å². The van der Waals surface area contributed by atoms with Crippen LogP contribution in [0, 0.1) is 0 Å². The van der Waals surface area contributed by atoms with Gasteiger partial charge in [-0.1, -0.05) is 28.6 Å². The number of carbonyl (C=O) groups is 1. The molecule has 0 atom stereocenters. The fourth-order valence-electron chi connectivity index (χ4n) is 1.80. The Morgan fingerprint density at radius 2 is 2.09 bits per heavy atom. The zero-order valence-electron chi connectivity index (χ0n) is 11.5. The molecule has 1 amide bonds. The number of benzene rings is 1. The number of carbonyl (C=O) groups excluding carboxylic acids is 1. The number of hydrogen-bond donors (Lipinski definition) is 1. The molecule has 22 heavy (non-hydrogen) atoms. The minimum Gasteiger partial charge on any atom is -0.325 e. The van der Waals surface area contributed by atoms with Gasteiger partial charge in [-0.05, 0) is 24.3 Å². The molecule has 0 aliphatic heterocycles. The summed E-state index contributed by atoms with van der Waals surface area (Å²) in [6.07, 6.45) is 1.44. The molecular weight excluding hydrogens is 324 g/mol. The Labute approximate surface area is 135 Å². The summed E-state index contributed by atoms with van der Waals surface area (Å²) in [6, 6.07) is 6.93. The molecule has 0 unspecified atom stereocenters. The third-order valence-corrected chi connectivity index (χ3v) is 4.05. The monoisotopic (exact) mass is 334 g/mol. The van der Waals surface area contributed by atoms with E-state index in [0.29, 0.717) is 26.9 Å². The summed E-state index contributed by atoms with van der Waals surface area (Å²) in [7, 11) is 1.75. The smallest absolute Gasteiger partial charge is 0.234 e. The first-order chi connectivity index (χ1) is 10.6. The summed E-state index contributed by atoms with van der Waals surface area (Å²) < 4.78 is 1.56. The number of anilines is 1. The average Bonchev–Trinajstić information content (AvgIpc) is 2.90. The molecule has 3 aromatic rings. The second kappa shape index (κ2) is 6.29. The summed E-state index contributed by atoms with van der Waals surface area (Å²) in [5.74, 6) is 0.0775. The van der Waals surface area contributed by atoms with E-state index in [1.807, 2.05) is 0 Å². The molecule has 3 rings (SSSR count). The average molecular weight is 335 g/mol. The number of hydrogen-bond acceptors (Lipinski definition) is 6. The number of rotatable bonds is 4. The highest BCUT2D eigenvalue weighted by Crippen LogP contribution is 2.22. The first-order valence-electron chi connectivity index (χ1n) is 6.32. The molecule has 0 aliphatic carbocycles. The maximum Gasteiger partial charge on any atom is 0.234 e. The molecule has 7 nitrogen and oxygen atoms in total. The van der Waals surface area contributed by atoms with E-state index in [4.69, 9.17) is 11.6 Å². The standard InChI is InChI=1S/C13H11ClN6OS/c1-20-12-11(18-19-20)13(16-7-15-12)22-6-10(21)17-9-4-2-8(14)3-5-9/h2-5,7H,6H2,1H3,(H,17,21). The lowest BCUT2D eigenvalue weighted by Crippen LogP contribution is -2.14. The second-order valence-electron chi connectivity index (χ2n) is 4.41. The summed E-state index contributed by atoms with van der Waals surface area (Å²) in [6.45, 7) is 0. The number of amides is 1. The van der Waals surface area contributed by atoms with Crippen molar-refractivity contribution >= 4 is 46.1 Å². The molecular formula is C13H11ClN6OS. The van der Waals surface area contributed by atoms with Crippen LogP contribution >= 0.6 is 23.4 Å². The Morgan fingerprint density at radius 3 is 2.86 bits per heavy atom. The van der Waals surface area contributed by atoms with Crippen molar-refractivity contribution in [1.29, 1.82) is 0 Å². The van der Waals surface area contributed by atoms with Gasteiger partial charge in [-0.3, -0.25) is 4.79 Å². The largest absolute Gasteiger partial charge is 0.325 e. The molecule has 0 aliphatic rings. The molecule has 0 bridgehead atoms. The van der Waals surface area contributed by atoms with Gasteiger partial charge in [0.15, 0.2) is 11.2 Å². The van der Waals surface area contributed by atoms with Gasteiger partial charge in [0.05, 0.1) is 5.75 Å². The van der Waals surface area contributed by atoms with Crippen LogP contribution in [0.15, 0.2) is 35.6 Å². The van der Waals surface area contributed by atoms with Crippen molar-refractivity contribution in [3.63, 3.8) is 0 Å². The fourth-order valence-corrected chi connectivity index (χ4v) is 2.66. The van der Waals surface area contributed by atoms with Gasteiger partial charge in [-0.25, -0.2) is 14.6 Å². The predicted molar refractivity (Wildman–Crippen MR) is 84.9 cm³/mol. The summed E-state index contributed by atoms with van der Waals surface area (Å²) in [4.78, 5) is 20.2. The molecule has 0 radical (unpaired) electrons. The van der Waals surface area contributed by atoms with Crippen molar-refractivity contribution in [2.75, 3.05) is 11.1 Å². The van der Waals surface area contributed by atoms with Crippen molar-refractivity contribution in [3.05, 3.63) is 35.6 Å². The lowest BCUT2D eigenvalue weighted by Gasteiger charge is -2.05. The highest BCUT2D eigenvalue weighted by Gasteiger charge is 2.12. The lowest BCUT2D eigenvalue weighted by atomic mass is 10.3. The van der Waals surface area contributed by atoms with Crippen LogP contribution in [0.2, 0.25) is 5.02 Å². The third kappa shape index (κ3) is 3.18.